The first-order valence-corrected chi connectivity index (χ1v) is 12.7. The van der Waals surface area contributed by atoms with Crippen LogP contribution in [0.2, 0.25) is 0 Å². The standard InChI is InChI=1S/C23H32F3N3O.C2H6/c1-22-9-8-17-16-5-3-15(23(24,25)26)12-14(16)2-4-18(17)19(22)6-7-20(22)21(30)13-29-11-10-27-28-29;1-2/h10-11,14-20H,2-9,12-13H2,1H3;1-2H3. The van der Waals surface area contributed by atoms with E-state index in [9.17, 15) is 18.0 Å². The zero-order valence-electron chi connectivity index (χ0n) is 19.7. The van der Waals surface area contributed by atoms with Gasteiger partial charge in [0, 0.05) is 12.1 Å². The van der Waals surface area contributed by atoms with Crippen LogP contribution in [0, 0.1) is 46.8 Å². The molecule has 4 aliphatic rings. The second-order valence-corrected chi connectivity index (χ2v) is 10.7. The Morgan fingerprint density at radius 1 is 1.03 bits per heavy atom. The van der Waals surface area contributed by atoms with Gasteiger partial charge in [0.25, 0.3) is 0 Å². The predicted octanol–water partition coefficient (Wildman–Crippen LogP) is 6.32. The van der Waals surface area contributed by atoms with E-state index < -0.39 is 12.1 Å². The van der Waals surface area contributed by atoms with Gasteiger partial charge in [-0.1, -0.05) is 26.0 Å². The van der Waals surface area contributed by atoms with E-state index in [1.54, 1.807) is 17.1 Å². The van der Waals surface area contributed by atoms with Crippen molar-refractivity contribution in [2.45, 2.75) is 91.3 Å². The molecule has 0 amide bonds. The minimum absolute atomic E-state index is 0.0365. The van der Waals surface area contributed by atoms with Crippen LogP contribution in [0.5, 0.6) is 0 Å². The molecule has 0 saturated heterocycles. The molecule has 0 aliphatic heterocycles. The summed E-state index contributed by atoms with van der Waals surface area (Å²) in [5.74, 6) is 1.68. The Balaban J connectivity index is 0.00000119. The molecule has 1 heterocycles. The molecular formula is C25H38F3N3O. The van der Waals surface area contributed by atoms with Crippen molar-refractivity contribution in [1.82, 2.24) is 15.0 Å². The van der Waals surface area contributed by atoms with Crippen molar-refractivity contribution in [2.75, 3.05) is 0 Å². The van der Waals surface area contributed by atoms with Gasteiger partial charge in [0.05, 0.1) is 12.1 Å². The van der Waals surface area contributed by atoms with Crippen LogP contribution in [0.25, 0.3) is 0 Å². The minimum Gasteiger partial charge on any atom is -0.297 e. The lowest BCUT2D eigenvalue weighted by atomic mass is 9.49. The maximum absolute atomic E-state index is 13.3. The lowest BCUT2D eigenvalue weighted by Crippen LogP contribution is -2.50. The van der Waals surface area contributed by atoms with Crippen molar-refractivity contribution < 1.29 is 18.0 Å². The quantitative estimate of drug-likeness (QED) is 0.538. The molecule has 4 aliphatic carbocycles. The van der Waals surface area contributed by atoms with E-state index >= 15 is 0 Å². The summed E-state index contributed by atoms with van der Waals surface area (Å²) < 4.78 is 41.4. The monoisotopic (exact) mass is 453 g/mol. The van der Waals surface area contributed by atoms with Gasteiger partial charge in [0.15, 0.2) is 5.78 Å². The summed E-state index contributed by atoms with van der Waals surface area (Å²) in [7, 11) is 0. The number of ketones is 1. The summed E-state index contributed by atoms with van der Waals surface area (Å²) in [5, 5.41) is 7.76. The Kier molecular flexibility index (Phi) is 6.75. The molecule has 32 heavy (non-hydrogen) atoms. The van der Waals surface area contributed by atoms with Crippen LogP contribution < -0.4 is 0 Å². The van der Waals surface area contributed by atoms with Crippen molar-refractivity contribution in [1.29, 1.82) is 0 Å². The molecule has 0 aromatic carbocycles. The number of hydrogen-bond donors (Lipinski definition) is 0. The summed E-state index contributed by atoms with van der Waals surface area (Å²) in [6, 6.07) is 0. The number of Topliss-reactive ketones (excluding diaryl/α,β-unsaturated/α-hetero) is 1. The number of rotatable bonds is 3. The Morgan fingerprint density at radius 3 is 2.47 bits per heavy atom. The van der Waals surface area contributed by atoms with Gasteiger partial charge in [-0.05, 0) is 92.8 Å². The average molecular weight is 454 g/mol. The maximum Gasteiger partial charge on any atom is 0.391 e. The fraction of sp³-hybridized carbons (Fsp3) is 0.880. The Labute approximate surface area is 189 Å². The fourth-order valence-electron chi connectivity index (χ4n) is 8.27. The summed E-state index contributed by atoms with van der Waals surface area (Å²) in [5.41, 5.74) is 0.0365. The van der Waals surface area contributed by atoms with Gasteiger partial charge in [-0.2, -0.15) is 13.2 Å². The summed E-state index contributed by atoms with van der Waals surface area (Å²) in [6.07, 6.45) is 6.88. The van der Waals surface area contributed by atoms with E-state index in [2.05, 4.69) is 17.2 Å². The summed E-state index contributed by atoms with van der Waals surface area (Å²) in [6.45, 7) is 6.61. The predicted molar refractivity (Wildman–Crippen MR) is 117 cm³/mol. The third kappa shape index (κ3) is 4.13. The third-order valence-electron chi connectivity index (χ3n) is 9.60. The highest BCUT2D eigenvalue weighted by molar-refractivity contribution is 5.82. The molecule has 8 atom stereocenters. The van der Waals surface area contributed by atoms with E-state index in [1.165, 1.54) is 0 Å². The molecule has 7 heteroatoms. The summed E-state index contributed by atoms with van der Waals surface area (Å²) in [4.78, 5) is 13.1. The molecule has 4 fully saturated rings. The molecule has 4 nitrogen and oxygen atoms in total. The SMILES string of the molecule is CC.CC12CCC3C4CCC(C(F)(F)F)CC4CCC3C1CCC2C(=O)Cn1ccnn1. The number of carbonyl (C=O) groups is 1. The van der Waals surface area contributed by atoms with Crippen molar-refractivity contribution in [3.05, 3.63) is 12.4 Å². The van der Waals surface area contributed by atoms with Crippen LogP contribution in [0.15, 0.2) is 12.4 Å². The smallest absolute Gasteiger partial charge is 0.297 e. The molecule has 5 rings (SSSR count). The van der Waals surface area contributed by atoms with Gasteiger partial charge in [-0.25, -0.2) is 4.68 Å². The van der Waals surface area contributed by atoms with Crippen LogP contribution in [0.4, 0.5) is 13.2 Å². The molecule has 0 radical (unpaired) electrons. The molecule has 1 aromatic rings. The topological polar surface area (TPSA) is 47.8 Å². The Hall–Kier alpha value is -1.40. The zero-order valence-corrected chi connectivity index (χ0v) is 19.7. The molecule has 4 saturated carbocycles. The first kappa shape index (κ1) is 23.7. The van der Waals surface area contributed by atoms with Crippen LogP contribution in [0.3, 0.4) is 0 Å². The number of alkyl halides is 3. The van der Waals surface area contributed by atoms with Gasteiger partial charge < -0.3 is 0 Å². The van der Waals surface area contributed by atoms with Gasteiger partial charge in [0.2, 0.25) is 0 Å². The highest BCUT2D eigenvalue weighted by Crippen LogP contribution is 2.65. The van der Waals surface area contributed by atoms with E-state index in [4.69, 9.17) is 0 Å². The second kappa shape index (κ2) is 9.09. The number of aromatic nitrogens is 3. The second-order valence-electron chi connectivity index (χ2n) is 10.7. The van der Waals surface area contributed by atoms with Gasteiger partial charge in [-0.3, -0.25) is 4.79 Å². The fourth-order valence-corrected chi connectivity index (χ4v) is 8.27. The molecule has 0 bridgehead atoms. The van der Waals surface area contributed by atoms with Crippen LogP contribution in [-0.2, 0) is 11.3 Å². The lowest BCUT2D eigenvalue weighted by molar-refractivity contribution is -0.196. The molecule has 1 aromatic heterocycles. The Morgan fingerprint density at radius 2 is 1.78 bits per heavy atom. The third-order valence-corrected chi connectivity index (χ3v) is 9.60. The maximum atomic E-state index is 13.3. The molecule has 0 N–H and O–H groups in total. The highest BCUT2D eigenvalue weighted by atomic mass is 19.4. The number of nitrogens with zero attached hydrogens (tertiary/aromatic N) is 3. The number of fused-ring (bicyclic) bond motifs is 5. The van der Waals surface area contributed by atoms with Gasteiger partial charge >= 0.3 is 6.18 Å². The molecule has 0 spiro atoms. The van der Waals surface area contributed by atoms with Gasteiger partial charge in [0.1, 0.15) is 6.54 Å². The highest BCUT2D eigenvalue weighted by Gasteiger charge is 2.59. The molecular weight excluding hydrogens is 415 g/mol. The molecule has 180 valence electrons. The first-order valence-electron chi connectivity index (χ1n) is 12.7. The van der Waals surface area contributed by atoms with Crippen molar-refractivity contribution in [2.24, 2.45) is 46.8 Å². The van der Waals surface area contributed by atoms with E-state index in [-0.39, 0.29) is 23.0 Å². The minimum atomic E-state index is -4.03. The normalized spacial score (nSPS) is 41.0. The lowest BCUT2D eigenvalue weighted by Gasteiger charge is -2.56. The van der Waals surface area contributed by atoms with Gasteiger partial charge in [-0.15, -0.1) is 5.10 Å². The first-order chi connectivity index (χ1) is 15.3. The largest absolute Gasteiger partial charge is 0.391 e. The zero-order chi connectivity index (χ0) is 23.1. The summed E-state index contributed by atoms with van der Waals surface area (Å²) >= 11 is 0. The Bertz CT molecular complexity index is 780. The van der Waals surface area contributed by atoms with Crippen LogP contribution >= 0.6 is 0 Å². The van der Waals surface area contributed by atoms with E-state index in [0.717, 1.165) is 44.9 Å². The molecule has 8 unspecified atom stereocenters. The number of hydrogen-bond acceptors (Lipinski definition) is 3. The number of halogens is 3. The van der Waals surface area contributed by atoms with E-state index in [1.807, 2.05) is 13.8 Å². The van der Waals surface area contributed by atoms with Crippen molar-refractivity contribution >= 4 is 5.78 Å². The van der Waals surface area contributed by atoms with Crippen LogP contribution in [0.1, 0.15) is 78.6 Å². The van der Waals surface area contributed by atoms with Crippen molar-refractivity contribution in [3.63, 3.8) is 0 Å². The van der Waals surface area contributed by atoms with E-state index in [0.29, 0.717) is 43.1 Å². The number of carbonyl (C=O) groups excluding carboxylic acids is 1. The van der Waals surface area contributed by atoms with Crippen molar-refractivity contribution in [3.8, 4) is 0 Å². The van der Waals surface area contributed by atoms with Crippen LogP contribution in [-0.4, -0.2) is 27.0 Å². The average Bonchev–Trinajstić information content (AvgIpc) is 3.40.